The number of Topliss-reactive ketones (excluding diaryl/α,β-unsaturated/α-hetero) is 1. The van der Waals surface area contributed by atoms with Gasteiger partial charge in [-0.25, -0.2) is 0 Å². The highest BCUT2D eigenvalue weighted by Gasteiger charge is 2.19. The van der Waals surface area contributed by atoms with Gasteiger partial charge in [0.15, 0.2) is 5.78 Å². The number of carbonyl (C=O) groups excluding carboxylic acids is 1. The highest BCUT2D eigenvalue weighted by atomic mass is 79.9. The lowest BCUT2D eigenvalue weighted by Gasteiger charge is -2.17. The molecule has 0 radical (unpaired) electrons. The first-order chi connectivity index (χ1) is 9.56. The lowest BCUT2D eigenvalue weighted by atomic mass is 10.0. The molecule has 0 spiro atoms. The Bertz CT molecular complexity index is 467. The quantitative estimate of drug-likeness (QED) is 0.797. The van der Waals surface area contributed by atoms with Crippen LogP contribution in [0.4, 0.5) is 0 Å². The van der Waals surface area contributed by atoms with Gasteiger partial charge in [0.25, 0.3) is 0 Å². The van der Waals surface area contributed by atoms with Gasteiger partial charge in [-0.3, -0.25) is 4.79 Å². The van der Waals surface area contributed by atoms with Crippen LogP contribution in [0.5, 0.6) is 5.75 Å². The Morgan fingerprint density at radius 2 is 2.15 bits per heavy atom. The fraction of sp³-hybridized carbons (Fsp3) is 0.562. The molecule has 0 heterocycles. The Balaban J connectivity index is 1.92. The Hall–Kier alpha value is -0.870. The Morgan fingerprint density at radius 1 is 1.45 bits per heavy atom. The number of benzene rings is 1. The number of halogens is 1. The summed E-state index contributed by atoms with van der Waals surface area (Å²) >= 11 is 3.37. The molecule has 1 unspecified atom stereocenters. The number of rotatable bonds is 6. The molecule has 0 saturated heterocycles. The van der Waals surface area contributed by atoms with E-state index < -0.39 is 6.10 Å². The maximum atomic E-state index is 11.5. The lowest BCUT2D eigenvalue weighted by molar-refractivity contribution is 0.0837. The number of hydrogen-bond acceptors (Lipinski definition) is 3. The highest BCUT2D eigenvalue weighted by molar-refractivity contribution is 9.10. The van der Waals surface area contributed by atoms with Crippen molar-refractivity contribution < 1.29 is 14.6 Å². The first-order valence-corrected chi connectivity index (χ1v) is 7.97. The molecule has 0 aromatic heterocycles. The van der Waals surface area contributed by atoms with E-state index in [2.05, 4.69) is 15.9 Å². The summed E-state index contributed by atoms with van der Waals surface area (Å²) in [7, 11) is 0. The van der Waals surface area contributed by atoms with E-state index in [0.29, 0.717) is 17.2 Å². The lowest BCUT2D eigenvalue weighted by Crippen LogP contribution is -2.21. The number of aliphatic hydroxyl groups excluding tert-OH is 1. The Labute approximate surface area is 128 Å². The van der Waals surface area contributed by atoms with Crippen molar-refractivity contribution in [3.05, 3.63) is 28.2 Å². The van der Waals surface area contributed by atoms with Gasteiger partial charge in [-0.15, -0.1) is 0 Å². The molecule has 110 valence electrons. The van der Waals surface area contributed by atoms with Crippen molar-refractivity contribution in [2.45, 2.75) is 45.1 Å². The smallest absolute Gasteiger partial charge is 0.163 e. The molecule has 4 heteroatoms. The molecule has 1 atom stereocenters. The molecule has 1 saturated carbocycles. The number of carbonyl (C=O) groups is 1. The Morgan fingerprint density at radius 3 is 2.80 bits per heavy atom. The maximum Gasteiger partial charge on any atom is 0.163 e. The van der Waals surface area contributed by atoms with Crippen molar-refractivity contribution >= 4 is 21.7 Å². The summed E-state index contributed by atoms with van der Waals surface area (Å²) in [5.41, 5.74) is 0.557. The van der Waals surface area contributed by atoms with E-state index in [4.69, 9.17) is 4.74 Å². The molecule has 1 aliphatic carbocycles. The molecule has 1 fully saturated rings. The number of ketones is 1. The van der Waals surface area contributed by atoms with Gasteiger partial charge in [-0.2, -0.15) is 0 Å². The third-order valence-electron chi connectivity index (χ3n) is 3.83. The number of hydrogen-bond donors (Lipinski definition) is 1. The van der Waals surface area contributed by atoms with Crippen molar-refractivity contribution in [3.63, 3.8) is 0 Å². The van der Waals surface area contributed by atoms with Gasteiger partial charge in [0.05, 0.1) is 11.7 Å². The summed E-state index contributed by atoms with van der Waals surface area (Å²) in [6.45, 7) is 1.76. The van der Waals surface area contributed by atoms with Crippen LogP contribution >= 0.6 is 15.9 Å². The van der Waals surface area contributed by atoms with Gasteiger partial charge in [0.1, 0.15) is 12.4 Å². The first-order valence-electron chi connectivity index (χ1n) is 7.17. The van der Waals surface area contributed by atoms with Crippen LogP contribution in [-0.2, 0) is 0 Å². The average molecular weight is 341 g/mol. The molecule has 1 aromatic carbocycles. The molecule has 3 nitrogen and oxygen atoms in total. The van der Waals surface area contributed by atoms with Crippen LogP contribution in [0.15, 0.2) is 22.7 Å². The summed E-state index contributed by atoms with van der Waals surface area (Å²) < 4.78 is 6.51. The van der Waals surface area contributed by atoms with Crippen LogP contribution in [-0.4, -0.2) is 23.6 Å². The van der Waals surface area contributed by atoms with Crippen LogP contribution < -0.4 is 4.74 Å². The average Bonchev–Trinajstić information content (AvgIpc) is 2.89. The summed E-state index contributed by atoms with van der Waals surface area (Å²) in [6.07, 6.45) is 5.32. The minimum atomic E-state index is -0.461. The van der Waals surface area contributed by atoms with Gasteiger partial charge in [0, 0.05) is 4.47 Å². The predicted octanol–water partition coefficient (Wildman–Crippen LogP) is 3.97. The van der Waals surface area contributed by atoms with Crippen LogP contribution in [0.1, 0.15) is 49.4 Å². The molecule has 0 amide bonds. The third kappa shape index (κ3) is 4.32. The van der Waals surface area contributed by atoms with Gasteiger partial charge in [-0.1, -0.05) is 41.6 Å². The molecule has 0 bridgehead atoms. The number of aliphatic hydroxyl groups is 1. The standard InChI is InChI=1S/C16H21BrO3/c1-11(18)15-7-6-13(17)9-16(15)20-10-14(19)8-12-4-2-3-5-12/h6-7,9,12,14,19H,2-5,8,10H2,1H3. The zero-order valence-electron chi connectivity index (χ0n) is 11.8. The van der Waals surface area contributed by atoms with E-state index in [9.17, 15) is 9.90 Å². The van der Waals surface area contributed by atoms with Crippen molar-refractivity contribution in [3.8, 4) is 5.75 Å². The van der Waals surface area contributed by atoms with E-state index in [1.165, 1.54) is 32.6 Å². The van der Waals surface area contributed by atoms with Crippen LogP contribution in [0.2, 0.25) is 0 Å². The molecule has 1 aliphatic rings. The van der Waals surface area contributed by atoms with Crippen LogP contribution in [0.3, 0.4) is 0 Å². The second-order valence-electron chi connectivity index (χ2n) is 5.55. The van der Waals surface area contributed by atoms with Gasteiger partial charge in [-0.05, 0) is 37.5 Å². The molecular weight excluding hydrogens is 320 g/mol. The van der Waals surface area contributed by atoms with Crippen molar-refractivity contribution in [2.75, 3.05) is 6.61 Å². The van der Waals surface area contributed by atoms with E-state index in [1.807, 2.05) is 6.07 Å². The predicted molar refractivity (Wildman–Crippen MR) is 82.2 cm³/mol. The zero-order chi connectivity index (χ0) is 14.5. The Kier molecular flexibility index (Phi) is 5.61. The summed E-state index contributed by atoms with van der Waals surface area (Å²) in [5, 5.41) is 10.0. The topological polar surface area (TPSA) is 46.5 Å². The molecule has 1 N–H and O–H groups in total. The van der Waals surface area contributed by atoms with E-state index >= 15 is 0 Å². The molecule has 0 aliphatic heterocycles. The fourth-order valence-corrected chi connectivity index (χ4v) is 3.13. The zero-order valence-corrected chi connectivity index (χ0v) is 13.4. The van der Waals surface area contributed by atoms with E-state index in [-0.39, 0.29) is 12.4 Å². The third-order valence-corrected chi connectivity index (χ3v) is 4.33. The SMILES string of the molecule is CC(=O)c1ccc(Br)cc1OCC(O)CC1CCCC1. The summed E-state index contributed by atoms with van der Waals surface area (Å²) in [4.78, 5) is 11.5. The molecular formula is C16H21BrO3. The van der Waals surface area contributed by atoms with Crippen LogP contribution in [0, 0.1) is 5.92 Å². The largest absolute Gasteiger partial charge is 0.490 e. The minimum absolute atomic E-state index is 0.0298. The van der Waals surface area contributed by atoms with Crippen molar-refractivity contribution in [1.82, 2.24) is 0 Å². The second kappa shape index (κ2) is 7.23. The van der Waals surface area contributed by atoms with Gasteiger partial charge in [0.2, 0.25) is 0 Å². The monoisotopic (exact) mass is 340 g/mol. The maximum absolute atomic E-state index is 11.5. The highest BCUT2D eigenvalue weighted by Crippen LogP contribution is 2.29. The van der Waals surface area contributed by atoms with E-state index in [1.54, 1.807) is 12.1 Å². The first kappa shape index (κ1) is 15.5. The van der Waals surface area contributed by atoms with Crippen molar-refractivity contribution in [1.29, 1.82) is 0 Å². The molecule has 1 aromatic rings. The van der Waals surface area contributed by atoms with Crippen molar-refractivity contribution in [2.24, 2.45) is 5.92 Å². The normalized spacial score (nSPS) is 17.1. The minimum Gasteiger partial charge on any atom is -0.490 e. The van der Waals surface area contributed by atoms with Gasteiger partial charge < -0.3 is 9.84 Å². The molecule has 20 heavy (non-hydrogen) atoms. The second-order valence-corrected chi connectivity index (χ2v) is 6.46. The van der Waals surface area contributed by atoms with Gasteiger partial charge >= 0.3 is 0 Å². The summed E-state index contributed by atoms with van der Waals surface area (Å²) in [5.74, 6) is 1.14. The molecule has 2 rings (SSSR count). The van der Waals surface area contributed by atoms with Crippen LogP contribution in [0.25, 0.3) is 0 Å². The summed E-state index contributed by atoms with van der Waals surface area (Å²) in [6, 6.07) is 5.34. The fourth-order valence-electron chi connectivity index (χ4n) is 2.79. The number of ether oxygens (including phenoxy) is 1. The van der Waals surface area contributed by atoms with E-state index in [0.717, 1.165) is 10.9 Å².